The topological polar surface area (TPSA) is 184 Å². The smallest absolute Gasteiger partial charge is 0.407 e. The van der Waals surface area contributed by atoms with E-state index in [0.717, 1.165) is 59.5 Å². The molecule has 1 saturated carbocycles. The summed E-state index contributed by atoms with van der Waals surface area (Å²) >= 11 is 0. The number of likely N-dealkylation sites (tertiary alicyclic amines) is 2. The molecule has 4 N–H and O–H groups in total. The third kappa shape index (κ3) is 7.62. The van der Waals surface area contributed by atoms with Gasteiger partial charge in [0.25, 0.3) is 0 Å². The highest BCUT2D eigenvalue weighted by Crippen LogP contribution is 2.50. The number of carbonyl (C=O) groups is 4. The molecule has 1 aliphatic carbocycles. The summed E-state index contributed by atoms with van der Waals surface area (Å²) in [5.74, 6) is 0.575. The van der Waals surface area contributed by atoms with Crippen LogP contribution in [0.15, 0.2) is 54.7 Å². The summed E-state index contributed by atoms with van der Waals surface area (Å²) in [5, 5.41) is 7.42. The van der Waals surface area contributed by atoms with E-state index in [1.807, 2.05) is 60.0 Å². The number of fused-ring (bicyclic) bond motifs is 5. The summed E-state index contributed by atoms with van der Waals surface area (Å²) in [6.07, 6.45) is 5.93. The Morgan fingerprint density at radius 1 is 0.871 bits per heavy atom. The standard InChI is InChI=1S/C46H53FN8O7/c1-24(2)37(52-45(58)60-3)44(57)55-30-11-7-29(21-30)40(55)42-48-23-35(50-42)32-13-9-27(22-33(32)47)26-8-12-31-28(20-26)10-14-34-39(31)51-41(49-34)36-6-5-17-54(36)43(56)38(53-46(59)61-4)25-15-18-62-19-16-25/h8-10,12-14,20,22-25,29-30,36-38,40H,5-7,11,15-19,21H2,1-4H3,(H,48,50)(H,49,51)(H,52,58)(H,53,59)/t29-,30+,36-,37?,38-,40-/m0/s1. The van der Waals surface area contributed by atoms with Crippen LogP contribution in [0.2, 0.25) is 0 Å². The first kappa shape index (κ1) is 41.3. The van der Waals surface area contributed by atoms with Crippen LogP contribution in [0.4, 0.5) is 14.0 Å². The first-order valence-corrected chi connectivity index (χ1v) is 21.7. The number of methoxy groups -OCH3 is 2. The first-order valence-electron chi connectivity index (χ1n) is 21.7. The van der Waals surface area contributed by atoms with Gasteiger partial charge in [0.2, 0.25) is 11.8 Å². The van der Waals surface area contributed by atoms with E-state index in [1.54, 1.807) is 12.3 Å². The molecule has 2 bridgehead atoms. The minimum atomic E-state index is -0.748. The van der Waals surface area contributed by atoms with Crippen molar-refractivity contribution >= 4 is 45.8 Å². The molecular formula is C46H53FN8O7. The zero-order chi connectivity index (χ0) is 43.2. The number of nitrogens with one attached hydrogen (secondary N) is 4. The Hall–Kier alpha value is -6.03. The minimum absolute atomic E-state index is 0.0444. The van der Waals surface area contributed by atoms with E-state index in [0.29, 0.717) is 61.1 Å². The number of aromatic amines is 2. The number of hydrogen-bond acceptors (Lipinski definition) is 9. The molecule has 0 radical (unpaired) electrons. The van der Waals surface area contributed by atoms with Gasteiger partial charge in [0, 0.05) is 36.8 Å². The molecule has 1 unspecified atom stereocenters. The van der Waals surface area contributed by atoms with Crippen molar-refractivity contribution in [1.29, 1.82) is 0 Å². The molecule has 3 aromatic carbocycles. The van der Waals surface area contributed by atoms with Crippen LogP contribution in [0.5, 0.6) is 0 Å². The van der Waals surface area contributed by atoms with Crippen LogP contribution < -0.4 is 10.6 Å². The van der Waals surface area contributed by atoms with Crippen LogP contribution in [-0.4, -0.2) is 106 Å². The van der Waals surface area contributed by atoms with Crippen molar-refractivity contribution in [3.8, 4) is 22.4 Å². The van der Waals surface area contributed by atoms with E-state index in [4.69, 9.17) is 19.2 Å². The van der Waals surface area contributed by atoms with Crippen molar-refractivity contribution in [3.63, 3.8) is 0 Å². The Kier molecular flexibility index (Phi) is 11.4. The molecule has 326 valence electrons. The van der Waals surface area contributed by atoms with E-state index in [2.05, 4.69) is 25.6 Å². The highest BCUT2D eigenvalue weighted by Gasteiger charge is 2.51. The summed E-state index contributed by atoms with van der Waals surface area (Å²) < 4.78 is 31.3. The summed E-state index contributed by atoms with van der Waals surface area (Å²) in [7, 11) is 2.58. The normalized spacial score (nSPS) is 22.4. The second kappa shape index (κ2) is 17.0. The van der Waals surface area contributed by atoms with Crippen LogP contribution >= 0.6 is 0 Å². The SMILES string of the molecule is COC(=O)NC(C(=O)N1[C@@H]2CC[C@@H](C2)[C@H]1c1ncc(-c2ccc(-c3ccc4c(ccc5nc([C@@H]6CCCN6C(=O)[C@@H](NC(=O)OC)C6CCOCC6)[nH]c54)c3)cc2F)[nH]1)C(C)C. The Bertz CT molecular complexity index is 2510. The quantitative estimate of drug-likeness (QED) is 0.113. The number of alkyl carbamates (subject to hydrolysis) is 2. The number of rotatable bonds is 10. The fraction of sp³-hybridized carbons (Fsp3) is 0.478. The van der Waals surface area contributed by atoms with Gasteiger partial charge in [0.15, 0.2) is 0 Å². The maximum absolute atomic E-state index is 16.1. The van der Waals surface area contributed by atoms with Gasteiger partial charge in [0.1, 0.15) is 29.5 Å². The number of hydrogen-bond donors (Lipinski definition) is 4. The zero-order valence-electron chi connectivity index (χ0n) is 35.4. The number of ether oxygens (including phenoxy) is 3. The molecule has 4 aliphatic rings. The molecule has 4 amide bonds. The molecule has 0 spiro atoms. The van der Waals surface area contributed by atoms with Crippen LogP contribution in [0.3, 0.4) is 0 Å². The van der Waals surface area contributed by atoms with Crippen LogP contribution in [-0.2, 0) is 23.8 Å². The average molecular weight is 849 g/mol. The van der Waals surface area contributed by atoms with E-state index in [9.17, 15) is 19.2 Å². The van der Waals surface area contributed by atoms with Gasteiger partial charge in [0.05, 0.1) is 49.2 Å². The maximum atomic E-state index is 16.1. The number of halogens is 1. The molecule has 4 fully saturated rings. The number of nitrogens with zero attached hydrogens (tertiary/aromatic N) is 4. The molecule has 15 nitrogen and oxygen atoms in total. The van der Waals surface area contributed by atoms with Crippen molar-refractivity contribution in [3.05, 3.63) is 72.2 Å². The van der Waals surface area contributed by atoms with Gasteiger partial charge in [-0.05, 0) is 103 Å². The Morgan fingerprint density at radius 2 is 1.63 bits per heavy atom. The highest BCUT2D eigenvalue weighted by molar-refractivity contribution is 6.05. The Labute approximate surface area is 358 Å². The van der Waals surface area contributed by atoms with Gasteiger partial charge >= 0.3 is 12.2 Å². The number of aromatic nitrogens is 4. The van der Waals surface area contributed by atoms with Crippen molar-refractivity contribution < 1.29 is 37.8 Å². The van der Waals surface area contributed by atoms with Crippen LogP contribution in [0.1, 0.15) is 82.5 Å². The lowest BCUT2D eigenvalue weighted by molar-refractivity contribution is -0.139. The second-order valence-electron chi connectivity index (χ2n) is 17.4. The summed E-state index contributed by atoms with van der Waals surface area (Å²) in [6, 6.07) is 13.1. The number of piperidine rings is 1. The van der Waals surface area contributed by atoms with Crippen LogP contribution in [0.25, 0.3) is 44.2 Å². The van der Waals surface area contributed by atoms with Gasteiger partial charge in [-0.2, -0.15) is 0 Å². The van der Waals surface area contributed by atoms with E-state index in [-0.39, 0.29) is 47.7 Å². The zero-order valence-corrected chi connectivity index (χ0v) is 35.4. The monoisotopic (exact) mass is 848 g/mol. The summed E-state index contributed by atoms with van der Waals surface area (Å²) in [4.78, 5) is 72.8. The minimum Gasteiger partial charge on any atom is -0.453 e. The molecule has 9 rings (SSSR count). The predicted molar refractivity (Wildman–Crippen MR) is 228 cm³/mol. The molecule has 5 aromatic rings. The largest absolute Gasteiger partial charge is 0.453 e. The highest BCUT2D eigenvalue weighted by atomic mass is 19.1. The lowest BCUT2D eigenvalue weighted by Crippen LogP contribution is -2.54. The summed E-state index contributed by atoms with van der Waals surface area (Å²) in [6.45, 7) is 5.41. The lowest BCUT2D eigenvalue weighted by atomic mass is 9.90. The Balaban J connectivity index is 0.937. The van der Waals surface area contributed by atoms with Crippen molar-refractivity contribution in [2.45, 2.75) is 89.0 Å². The number of amides is 4. The molecule has 2 aromatic heterocycles. The first-order chi connectivity index (χ1) is 30.0. The average Bonchev–Trinajstić information content (AvgIpc) is 4.15. The molecule has 16 heteroatoms. The van der Waals surface area contributed by atoms with Gasteiger partial charge < -0.3 is 44.6 Å². The molecule has 3 saturated heterocycles. The number of benzene rings is 3. The van der Waals surface area contributed by atoms with Crippen LogP contribution in [0, 0.1) is 23.6 Å². The molecular weight excluding hydrogens is 796 g/mol. The van der Waals surface area contributed by atoms with Gasteiger partial charge in [-0.15, -0.1) is 0 Å². The summed E-state index contributed by atoms with van der Waals surface area (Å²) in [5.41, 5.74) is 4.06. The van der Waals surface area contributed by atoms with E-state index in [1.165, 1.54) is 20.3 Å². The Morgan fingerprint density at radius 3 is 2.39 bits per heavy atom. The second-order valence-corrected chi connectivity index (χ2v) is 17.4. The molecule has 62 heavy (non-hydrogen) atoms. The molecule has 5 heterocycles. The fourth-order valence-electron chi connectivity index (χ4n) is 10.3. The van der Waals surface area contributed by atoms with Gasteiger partial charge in [-0.25, -0.2) is 23.9 Å². The number of carbonyl (C=O) groups excluding carboxylic acids is 4. The third-order valence-electron chi connectivity index (χ3n) is 13.5. The maximum Gasteiger partial charge on any atom is 0.407 e. The number of imidazole rings is 2. The molecule has 3 aliphatic heterocycles. The predicted octanol–water partition coefficient (Wildman–Crippen LogP) is 7.16. The van der Waals surface area contributed by atoms with Gasteiger partial charge in [-0.1, -0.05) is 38.1 Å². The van der Waals surface area contributed by atoms with Crippen molar-refractivity contribution in [1.82, 2.24) is 40.4 Å². The fourth-order valence-corrected chi connectivity index (χ4v) is 10.3. The van der Waals surface area contributed by atoms with E-state index >= 15 is 4.39 Å². The van der Waals surface area contributed by atoms with Crippen molar-refractivity contribution in [2.24, 2.45) is 17.8 Å². The van der Waals surface area contributed by atoms with E-state index < -0.39 is 30.1 Å². The number of H-pyrrole nitrogens is 2. The lowest BCUT2D eigenvalue weighted by Gasteiger charge is -2.37. The van der Waals surface area contributed by atoms with Crippen molar-refractivity contribution in [2.75, 3.05) is 34.0 Å². The molecule has 6 atom stereocenters. The third-order valence-corrected chi connectivity index (χ3v) is 13.5. The van der Waals surface area contributed by atoms with Gasteiger partial charge in [-0.3, -0.25) is 9.59 Å².